The highest BCUT2D eigenvalue weighted by Crippen LogP contribution is 2.46. The first-order chi connectivity index (χ1) is 5.28. The minimum absolute atomic E-state index is 0.0122. The fourth-order valence-electron chi connectivity index (χ4n) is 1.48. The van der Waals surface area contributed by atoms with E-state index in [-0.39, 0.29) is 12.0 Å². The molecule has 0 atom stereocenters. The van der Waals surface area contributed by atoms with Gasteiger partial charge in [0.05, 0.1) is 12.0 Å². The zero-order valence-corrected chi connectivity index (χ0v) is 6.62. The van der Waals surface area contributed by atoms with Gasteiger partial charge in [0.2, 0.25) is 0 Å². The molecule has 0 aliphatic heterocycles. The van der Waals surface area contributed by atoms with Crippen LogP contribution in [0.4, 0.5) is 0 Å². The van der Waals surface area contributed by atoms with Crippen LogP contribution in [0, 0.1) is 0 Å². The average molecular weight is 152 g/mol. The molecule has 1 saturated carbocycles. The highest BCUT2D eigenvalue weighted by molar-refractivity contribution is 5.19. The van der Waals surface area contributed by atoms with Crippen LogP contribution in [-0.2, 0) is 12.5 Å². The number of nitrogens with zero attached hydrogens (tertiary/aromatic N) is 2. The summed E-state index contributed by atoms with van der Waals surface area (Å²) in [5.41, 5.74) is 0.0122. The third kappa shape index (κ3) is 0.878. The van der Waals surface area contributed by atoms with E-state index in [2.05, 4.69) is 4.98 Å². The first kappa shape index (κ1) is 6.85. The van der Waals surface area contributed by atoms with E-state index in [4.69, 9.17) is 5.11 Å². The largest absolute Gasteiger partial charge is 0.395 e. The molecule has 1 N–H and O–H groups in total. The summed E-state index contributed by atoms with van der Waals surface area (Å²) < 4.78 is 1.99. The number of rotatable bonds is 2. The number of aliphatic hydroxyl groups excluding tert-OH is 1. The van der Waals surface area contributed by atoms with Gasteiger partial charge in [0.25, 0.3) is 0 Å². The van der Waals surface area contributed by atoms with E-state index < -0.39 is 0 Å². The SMILES string of the molecule is Cn1ccnc1C1(CO)CC1. The molecule has 2 rings (SSSR count). The highest BCUT2D eigenvalue weighted by atomic mass is 16.3. The van der Waals surface area contributed by atoms with Gasteiger partial charge in [-0.3, -0.25) is 0 Å². The number of aliphatic hydroxyl groups is 1. The molecular weight excluding hydrogens is 140 g/mol. The van der Waals surface area contributed by atoms with Crippen molar-refractivity contribution in [2.24, 2.45) is 7.05 Å². The molecule has 11 heavy (non-hydrogen) atoms. The third-order valence-electron chi connectivity index (χ3n) is 2.45. The summed E-state index contributed by atoms with van der Waals surface area (Å²) in [7, 11) is 1.97. The molecule has 0 radical (unpaired) electrons. The molecule has 0 saturated heterocycles. The van der Waals surface area contributed by atoms with Crippen molar-refractivity contribution in [2.45, 2.75) is 18.3 Å². The summed E-state index contributed by atoms with van der Waals surface area (Å²) in [6.45, 7) is 0.234. The Morgan fingerprint density at radius 1 is 1.73 bits per heavy atom. The Hall–Kier alpha value is -0.830. The van der Waals surface area contributed by atoms with E-state index in [1.54, 1.807) is 6.20 Å². The normalized spacial score (nSPS) is 20.2. The van der Waals surface area contributed by atoms with Crippen LogP contribution < -0.4 is 0 Å². The third-order valence-corrected chi connectivity index (χ3v) is 2.45. The van der Waals surface area contributed by atoms with E-state index in [1.165, 1.54) is 0 Å². The minimum atomic E-state index is 0.0122. The second-order valence-electron chi connectivity index (χ2n) is 3.30. The molecule has 3 heteroatoms. The van der Waals surface area contributed by atoms with Crippen molar-refractivity contribution >= 4 is 0 Å². The Kier molecular flexibility index (Phi) is 1.29. The maximum absolute atomic E-state index is 9.10. The topological polar surface area (TPSA) is 38.0 Å². The zero-order valence-electron chi connectivity index (χ0n) is 6.62. The fraction of sp³-hybridized carbons (Fsp3) is 0.625. The predicted molar refractivity (Wildman–Crippen MR) is 41.2 cm³/mol. The van der Waals surface area contributed by atoms with Crippen molar-refractivity contribution in [1.29, 1.82) is 0 Å². The van der Waals surface area contributed by atoms with Crippen LogP contribution >= 0.6 is 0 Å². The van der Waals surface area contributed by atoms with Gasteiger partial charge in [-0.1, -0.05) is 0 Å². The van der Waals surface area contributed by atoms with E-state index in [0.717, 1.165) is 18.7 Å². The Balaban J connectivity index is 2.35. The van der Waals surface area contributed by atoms with Crippen molar-refractivity contribution in [3.63, 3.8) is 0 Å². The summed E-state index contributed by atoms with van der Waals surface area (Å²) in [5, 5.41) is 9.10. The molecule has 0 spiro atoms. The summed E-state index contributed by atoms with van der Waals surface area (Å²) in [6, 6.07) is 0. The molecule has 1 aromatic rings. The first-order valence-corrected chi connectivity index (χ1v) is 3.87. The maximum atomic E-state index is 9.10. The van der Waals surface area contributed by atoms with Crippen molar-refractivity contribution in [1.82, 2.24) is 9.55 Å². The van der Waals surface area contributed by atoms with Crippen LogP contribution in [0.2, 0.25) is 0 Å². The van der Waals surface area contributed by atoms with Crippen LogP contribution in [0.15, 0.2) is 12.4 Å². The second kappa shape index (κ2) is 2.08. The summed E-state index contributed by atoms with van der Waals surface area (Å²) in [4.78, 5) is 4.22. The van der Waals surface area contributed by atoms with E-state index in [1.807, 2.05) is 17.8 Å². The molecule has 1 aliphatic carbocycles. The molecule has 1 aliphatic rings. The average Bonchev–Trinajstić information content (AvgIpc) is 2.70. The molecule has 3 nitrogen and oxygen atoms in total. The highest BCUT2D eigenvalue weighted by Gasteiger charge is 2.46. The van der Waals surface area contributed by atoms with Crippen LogP contribution in [0.25, 0.3) is 0 Å². The zero-order chi connectivity index (χ0) is 7.90. The van der Waals surface area contributed by atoms with Gasteiger partial charge in [-0.25, -0.2) is 4.98 Å². The Bertz CT molecular complexity index is 263. The van der Waals surface area contributed by atoms with Crippen molar-refractivity contribution in [3.05, 3.63) is 18.2 Å². The standard InChI is InChI=1S/C8H12N2O/c1-10-5-4-9-7(10)8(6-11)2-3-8/h4-5,11H,2-3,6H2,1H3. The number of imidazole rings is 1. The Labute approximate surface area is 65.7 Å². The van der Waals surface area contributed by atoms with Crippen LogP contribution in [-0.4, -0.2) is 21.3 Å². The van der Waals surface area contributed by atoms with Crippen molar-refractivity contribution in [3.8, 4) is 0 Å². The van der Waals surface area contributed by atoms with Gasteiger partial charge in [0, 0.05) is 19.4 Å². The molecule has 1 fully saturated rings. The molecule has 0 bridgehead atoms. The number of hydrogen-bond acceptors (Lipinski definition) is 2. The summed E-state index contributed by atoms with van der Waals surface area (Å²) in [5.74, 6) is 1.03. The van der Waals surface area contributed by atoms with Gasteiger partial charge >= 0.3 is 0 Å². The Morgan fingerprint density at radius 2 is 2.45 bits per heavy atom. The molecule has 0 aromatic carbocycles. The van der Waals surface area contributed by atoms with E-state index in [9.17, 15) is 0 Å². The predicted octanol–water partition coefficient (Wildman–Crippen LogP) is 0.444. The van der Waals surface area contributed by atoms with Crippen LogP contribution in [0.5, 0.6) is 0 Å². The van der Waals surface area contributed by atoms with E-state index >= 15 is 0 Å². The van der Waals surface area contributed by atoms with Gasteiger partial charge in [0.15, 0.2) is 0 Å². The molecule has 1 aromatic heterocycles. The monoisotopic (exact) mass is 152 g/mol. The lowest BCUT2D eigenvalue weighted by molar-refractivity contribution is 0.248. The maximum Gasteiger partial charge on any atom is 0.116 e. The Morgan fingerprint density at radius 3 is 2.82 bits per heavy atom. The molecule has 0 amide bonds. The van der Waals surface area contributed by atoms with Gasteiger partial charge in [0.1, 0.15) is 5.82 Å². The quantitative estimate of drug-likeness (QED) is 0.668. The van der Waals surface area contributed by atoms with Crippen molar-refractivity contribution < 1.29 is 5.11 Å². The smallest absolute Gasteiger partial charge is 0.116 e. The van der Waals surface area contributed by atoms with Crippen molar-refractivity contribution in [2.75, 3.05) is 6.61 Å². The van der Waals surface area contributed by atoms with E-state index in [0.29, 0.717) is 0 Å². The lowest BCUT2D eigenvalue weighted by Crippen LogP contribution is -2.17. The molecule has 1 heterocycles. The van der Waals surface area contributed by atoms with Crippen LogP contribution in [0.1, 0.15) is 18.7 Å². The fourth-order valence-corrected chi connectivity index (χ4v) is 1.48. The molecular formula is C8H12N2O. The summed E-state index contributed by atoms with van der Waals surface area (Å²) >= 11 is 0. The van der Waals surface area contributed by atoms with Gasteiger partial charge < -0.3 is 9.67 Å². The molecule has 60 valence electrons. The lowest BCUT2D eigenvalue weighted by atomic mass is 10.1. The number of aromatic nitrogens is 2. The molecule has 0 unspecified atom stereocenters. The van der Waals surface area contributed by atoms with Gasteiger partial charge in [-0.15, -0.1) is 0 Å². The summed E-state index contributed by atoms with van der Waals surface area (Å²) in [6.07, 6.45) is 5.86. The van der Waals surface area contributed by atoms with Gasteiger partial charge in [-0.05, 0) is 12.8 Å². The number of aryl methyl sites for hydroxylation is 1. The lowest BCUT2D eigenvalue weighted by Gasteiger charge is -2.10. The van der Waals surface area contributed by atoms with Gasteiger partial charge in [-0.2, -0.15) is 0 Å². The number of hydrogen-bond donors (Lipinski definition) is 1. The minimum Gasteiger partial charge on any atom is -0.395 e. The van der Waals surface area contributed by atoms with Crippen LogP contribution in [0.3, 0.4) is 0 Å². The second-order valence-corrected chi connectivity index (χ2v) is 3.30. The first-order valence-electron chi connectivity index (χ1n) is 3.87.